The topological polar surface area (TPSA) is 120 Å². The SMILES string of the molecule is CN(C(=O)c1cc(OCCCCCN2CCB(C#N)CC2)ccc1C=O)C1CCC(=O)NC1=O. The Morgan fingerprint density at radius 1 is 1.29 bits per heavy atom. The van der Waals surface area contributed by atoms with Crippen molar-refractivity contribution >= 4 is 30.7 Å². The number of hydrogen-bond acceptors (Lipinski definition) is 7. The number of likely N-dealkylation sites (N-methyl/N-ethyl adjacent to an activating group) is 1. The van der Waals surface area contributed by atoms with Gasteiger partial charge in [0, 0.05) is 25.0 Å². The molecule has 34 heavy (non-hydrogen) atoms. The summed E-state index contributed by atoms with van der Waals surface area (Å²) in [5.41, 5.74) is 0.386. The fourth-order valence-corrected chi connectivity index (χ4v) is 4.39. The number of rotatable bonds is 10. The van der Waals surface area contributed by atoms with Gasteiger partial charge in [0.05, 0.1) is 12.2 Å². The van der Waals surface area contributed by atoms with E-state index in [0.29, 0.717) is 18.6 Å². The molecule has 1 aromatic carbocycles. The highest BCUT2D eigenvalue weighted by atomic mass is 16.5. The Balaban J connectivity index is 1.47. The first-order valence-corrected chi connectivity index (χ1v) is 11.9. The van der Waals surface area contributed by atoms with Crippen LogP contribution in [-0.4, -0.2) is 79.9 Å². The molecule has 0 aliphatic carbocycles. The van der Waals surface area contributed by atoms with Crippen molar-refractivity contribution in [2.24, 2.45) is 0 Å². The molecule has 10 heteroatoms. The molecule has 2 aliphatic heterocycles. The first-order chi connectivity index (χ1) is 16.4. The number of amides is 3. The second-order valence-corrected chi connectivity index (χ2v) is 8.90. The van der Waals surface area contributed by atoms with Gasteiger partial charge in [-0.05, 0) is 76.2 Å². The molecule has 9 nitrogen and oxygen atoms in total. The van der Waals surface area contributed by atoms with E-state index in [2.05, 4.69) is 16.2 Å². The highest BCUT2D eigenvalue weighted by Gasteiger charge is 2.33. The van der Waals surface area contributed by atoms with Crippen molar-refractivity contribution < 1.29 is 23.9 Å². The lowest BCUT2D eigenvalue weighted by Gasteiger charge is -2.30. The van der Waals surface area contributed by atoms with Crippen LogP contribution in [0.4, 0.5) is 0 Å². The Bertz CT molecular complexity index is 955. The lowest BCUT2D eigenvalue weighted by molar-refractivity contribution is -0.136. The average Bonchev–Trinajstić information content (AvgIpc) is 2.85. The Hall–Kier alpha value is -3.19. The molecular weight excluding hydrogens is 435 g/mol. The van der Waals surface area contributed by atoms with Crippen molar-refractivity contribution in [2.45, 2.75) is 50.8 Å². The summed E-state index contributed by atoms with van der Waals surface area (Å²) >= 11 is 0. The van der Waals surface area contributed by atoms with Gasteiger partial charge in [-0.2, -0.15) is 0 Å². The Morgan fingerprint density at radius 3 is 2.74 bits per heavy atom. The number of ether oxygens (including phenoxy) is 1. The van der Waals surface area contributed by atoms with Gasteiger partial charge in [-0.15, -0.1) is 0 Å². The number of nitrogens with zero attached hydrogens (tertiary/aromatic N) is 3. The standard InChI is InChI=1S/C24H31BN4O5/c1-28(21-7-8-22(31)27-23(21)32)24(33)20-15-19(6-5-18(20)16-30)34-14-4-2-3-11-29-12-9-25(17-26)10-13-29/h5-6,15-16,21H,2-4,7-14H2,1H3,(H,27,31,32). The summed E-state index contributed by atoms with van der Waals surface area (Å²) < 4.78 is 5.82. The van der Waals surface area contributed by atoms with E-state index in [9.17, 15) is 19.2 Å². The van der Waals surface area contributed by atoms with Crippen LogP contribution < -0.4 is 10.1 Å². The summed E-state index contributed by atoms with van der Waals surface area (Å²) in [6.07, 6.45) is 5.86. The van der Waals surface area contributed by atoms with E-state index < -0.39 is 17.9 Å². The molecule has 2 aliphatic rings. The monoisotopic (exact) mass is 466 g/mol. The molecule has 180 valence electrons. The normalized spacial score (nSPS) is 18.7. The predicted octanol–water partition coefficient (Wildman–Crippen LogP) is 1.80. The lowest BCUT2D eigenvalue weighted by atomic mass is 9.45. The first kappa shape index (κ1) is 25.4. The highest BCUT2D eigenvalue weighted by Crippen LogP contribution is 2.21. The quantitative estimate of drug-likeness (QED) is 0.242. The summed E-state index contributed by atoms with van der Waals surface area (Å²) in [6.45, 7) is 3.70. The summed E-state index contributed by atoms with van der Waals surface area (Å²) in [7, 11) is 1.49. The van der Waals surface area contributed by atoms with E-state index in [1.165, 1.54) is 18.0 Å². The van der Waals surface area contributed by atoms with Crippen molar-refractivity contribution in [3.05, 3.63) is 29.3 Å². The number of carbonyl (C=O) groups is 4. The van der Waals surface area contributed by atoms with Crippen LogP contribution >= 0.6 is 0 Å². The molecule has 1 unspecified atom stereocenters. The molecule has 0 spiro atoms. The molecule has 2 fully saturated rings. The maximum Gasteiger partial charge on any atom is 0.270 e. The zero-order valence-corrected chi connectivity index (χ0v) is 19.6. The van der Waals surface area contributed by atoms with Gasteiger partial charge in [-0.25, -0.2) is 5.26 Å². The first-order valence-electron chi connectivity index (χ1n) is 11.9. The molecule has 1 N–H and O–H groups in total. The second kappa shape index (κ2) is 12.3. The highest BCUT2D eigenvalue weighted by molar-refractivity contribution is 6.67. The number of hydrogen-bond donors (Lipinski definition) is 1. The maximum atomic E-state index is 13.0. The molecule has 0 saturated carbocycles. The van der Waals surface area contributed by atoms with Crippen molar-refractivity contribution in [3.63, 3.8) is 0 Å². The third kappa shape index (κ3) is 6.67. The smallest absolute Gasteiger partial charge is 0.270 e. The minimum Gasteiger partial charge on any atom is -0.494 e. The fourth-order valence-electron chi connectivity index (χ4n) is 4.39. The van der Waals surface area contributed by atoms with E-state index in [-0.39, 0.29) is 36.6 Å². The van der Waals surface area contributed by atoms with Crippen molar-refractivity contribution in [3.8, 4) is 11.7 Å². The summed E-state index contributed by atoms with van der Waals surface area (Å²) in [6, 6.07) is 3.97. The molecule has 2 heterocycles. The summed E-state index contributed by atoms with van der Waals surface area (Å²) in [5.74, 6) is 1.51. The number of aldehydes is 1. The van der Waals surface area contributed by atoms with Crippen LogP contribution in [0.1, 0.15) is 52.8 Å². The molecule has 0 radical (unpaired) electrons. The predicted molar refractivity (Wildman–Crippen MR) is 127 cm³/mol. The lowest BCUT2D eigenvalue weighted by Crippen LogP contribution is -2.53. The Kier molecular flexibility index (Phi) is 9.22. The van der Waals surface area contributed by atoms with E-state index in [1.54, 1.807) is 12.1 Å². The van der Waals surface area contributed by atoms with Gasteiger partial charge in [-0.1, -0.05) is 0 Å². The van der Waals surface area contributed by atoms with E-state index in [1.807, 2.05) is 0 Å². The van der Waals surface area contributed by atoms with Crippen molar-refractivity contribution in [1.82, 2.24) is 15.1 Å². The summed E-state index contributed by atoms with van der Waals surface area (Å²) in [5, 5.41) is 11.2. The Labute approximate surface area is 200 Å². The van der Waals surface area contributed by atoms with Crippen LogP contribution in [0, 0.1) is 11.2 Å². The zero-order valence-electron chi connectivity index (χ0n) is 19.6. The molecular formula is C24H31BN4O5. The van der Waals surface area contributed by atoms with Gasteiger partial charge < -0.3 is 14.5 Å². The number of unbranched alkanes of at least 4 members (excludes halogenated alkanes) is 2. The van der Waals surface area contributed by atoms with E-state index >= 15 is 0 Å². The number of carbonyl (C=O) groups excluding carboxylic acids is 4. The molecule has 3 rings (SSSR count). The number of piperidine rings is 1. The van der Waals surface area contributed by atoms with Crippen molar-refractivity contribution in [2.75, 3.05) is 33.3 Å². The molecule has 1 atom stereocenters. The van der Waals surface area contributed by atoms with Gasteiger partial charge in [0.15, 0.2) is 6.29 Å². The number of nitrogens with one attached hydrogen (secondary N) is 1. The van der Waals surface area contributed by atoms with Gasteiger partial charge in [0.25, 0.3) is 12.6 Å². The number of imide groups is 1. The van der Waals surface area contributed by atoms with Crippen LogP contribution in [0.2, 0.25) is 12.6 Å². The fraction of sp³-hybridized carbons (Fsp3) is 0.542. The molecule has 2 saturated heterocycles. The van der Waals surface area contributed by atoms with Gasteiger partial charge in [0.1, 0.15) is 11.8 Å². The largest absolute Gasteiger partial charge is 0.494 e. The Morgan fingerprint density at radius 2 is 2.06 bits per heavy atom. The maximum absolute atomic E-state index is 13.0. The van der Waals surface area contributed by atoms with Gasteiger partial charge in [-0.3, -0.25) is 24.5 Å². The van der Waals surface area contributed by atoms with E-state index in [0.717, 1.165) is 51.5 Å². The molecule has 0 bridgehead atoms. The third-order valence-corrected chi connectivity index (χ3v) is 6.54. The molecule has 0 aromatic heterocycles. The zero-order chi connectivity index (χ0) is 24.5. The van der Waals surface area contributed by atoms with Crippen LogP contribution in [0.15, 0.2) is 18.2 Å². The van der Waals surface area contributed by atoms with E-state index in [4.69, 9.17) is 10.00 Å². The van der Waals surface area contributed by atoms with Gasteiger partial charge in [0.2, 0.25) is 11.8 Å². The minimum absolute atomic E-state index is 0.163. The third-order valence-electron chi connectivity index (χ3n) is 6.54. The average molecular weight is 466 g/mol. The van der Waals surface area contributed by atoms with Crippen LogP contribution in [0.5, 0.6) is 5.75 Å². The summed E-state index contributed by atoms with van der Waals surface area (Å²) in [4.78, 5) is 51.7. The molecule has 3 amide bonds. The van der Waals surface area contributed by atoms with Crippen LogP contribution in [0.25, 0.3) is 0 Å². The number of benzene rings is 1. The number of nitriles is 1. The van der Waals surface area contributed by atoms with Crippen LogP contribution in [-0.2, 0) is 9.59 Å². The minimum atomic E-state index is -0.764. The molecule has 1 aromatic rings. The second-order valence-electron chi connectivity index (χ2n) is 8.90. The van der Waals surface area contributed by atoms with Gasteiger partial charge >= 0.3 is 0 Å². The van der Waals surface area contributed by atoms with Crippen LogP contribution in [0.3, 0.4) is 0 Å². The van der Waals surface area contributed by atoms with Crippen molar-refractivity contribution in [1.29, 1.82) is 5.26 Å².